The van der Waals surface area contributed by atoms with Crippen molar-refractivity contribution in [2.75, 3.05) is 14.1 Å². The summed E-state index contributed by atoms with van der Waals surface area (Å²) < 4.78 is 0. The summed E-state index contributed by atoms with van der Waals surface area (Å²) >= 11 is 6.09. The van der Waals surface area contributed by atoms with Gasteiger partial charge in [0.05, 0.1) is 0 Å². The molecular weight excluding hydrogens is 350 g/mol. The molecule has 134 valence electrons. The zero-order valence-electron chi connectivity index (χ0n) is 14.9. The van der Waals surface area contributed by atoms with Gasteiger partial charge in [-0.15, -0.1) is 0 Å². The molecule has 2 heterocycles. The largest absolute Gasteiger partial charge is 0.326 e. The number of carbonyl (C=O) groups excluding carboxylic acids is 2. The number of amides is 2. The van der Waals surface area contributed by atoms with Gasteiger partial charge >= 0.3 is 0 Å². The Bertz CT molecular complexity index is 882. The Balaban J connectivity index is 1.98. The quantitative estimate of drug-likeness (QED) is 0.617. The van der Waals surface area contributed by atoms with Crippen molar-refractivity contribution in [3.63, 3.8) is 0 Å². The zero-order valence-corrected chi connectivity index (χ0v) is 15.7. The molecule has 5 nitrogen and oxygen atoms in total. The number of piperazine rings is 1. The smallest absolute Gasteiger partial charge is 0.271 e. The van der Waals surface area contributed by atoms with Gasteiger partial charge in [-0.3, -0.25) is 9.59 Å². The molecule has 1 aliphatic rings. The second kappa shape index (κ2) is 6.92. The summed E-state index contributed by atoms with van der Waals surface area (Å²) in [5.74, 6) is -0.375. The van der Waals surface area contributed by atoms with E-state index in [1.165, 1.54) is 9.80 Å². The fraction of sp³-hybridized carbons (Fsp3) is 0.250. The van der Waals surface area contributed by atoms with Crippen molar-refractivity contribution >= 4 is 29.5 Å². The molecule has 1 aromatic heterocycles. The third-order valence-electron chi connectivity index (χ3n) is 4.86. The summed E-state index contributed by atoms with van der Waals surface area (Å²) in [6.45, 7) is 1.80. The summed E-state index contributed by atoms with van der Waals surface area (Å²) in [6.07, 6.45) is 3.62. The molecule has 2 amide bonds. The average molecular weight is 370 g/mol. The van der Waals surface area contributed by atoms with E-state index in [-0.39, 0.29) is 22.7 Å². The summed E-state index contributed by atoms with van der Waals surface area (Å²) in [6, 6.07) is 13.2. The number of hydrogen-bond acceptors (Lipinski definition) is 3. The van der Waals surface area contributed by atoms with Gasteiger partial charge in [-0.25, -0.2) is 4.98 Å². The van der Waals surface area contributed by atoms with E-state index in [9.17, 15) is 9.59 Å². The maximum atomic E-state index is 13.1. The molecule has 0 saturated carbocycles. The molecule has 1 unspecified atom stereocenters. The van der Waals surface area contributed by atoms with Gasteiger partial charge in [0.15, 0.2) is 0 Å². The topological polar surface area (TPSA) is 53.5 Å². The van der Waals surface area contributed by atoms with Crippen molar-refractivity contribution in [3.8, 4) is 0 Å². The number of nitrogens with zero attached hydrogens (tertiary/aromatic N) is 3. The van der Waals surface area contributed by atoms with Crippen LogP contribution in [-0.4, -0.2) is 46.2 Å². The van der Waals surface area contributed by atoms with E-state index < -0.39 is 5.54 Å². The fourth-order valence-electron chi connectivity index (χ4n) is 3.15. The Morgan fingerprint density at radius 1 is 1.12 bits per heavy atom. The van der Waals surface area contributed by atoms with Crippen LogP contribution in [0, 0.1) is 0 Å². The van der Waals surface area contributed by atoms with E-state index in [4.69, 9.17) is 11.6 Å². The SMILES string of the molecule is CN1C(=O)C(C)(Cc2ccccc2)N(C)C(=O)C1=Cc1cccnc1Cl. The second-order valence-corrected chi connectivity index (χ2v) is 6.94. The number of pyridine rings is 1. The number of likely N-dealkylation sites (N-methyl/N-ethyl adjacent to an activating group) is 2. The van der Waals surface area contributed by atoms with E-state index in [1.807, 2.05) is 30.3 Å². The first-order chi connectivity index (χ1) is 12.3. The zero-order chi connectivity index (χ0) is 18.9. The van der Waals surface area contributed by atoms with Gasteiger partial charge in [0, 0.05) is 32.3 Å². The standard InChI is InChI=1S/C20H20ClN3O2/c1-20(13-14-8-5-4-6-9-14)19(26)23(2)16(18(25)24(20)3)12-15-10-7-11-22-17(15)21/h4-12H,13H2,1-3H3. The number of aromatic nitrogens is 1. The van der Waals surface area contributed by atoms with Crippen molar-refractivity contribution < 1.29 is 9.59 Å². The lowest BCUT2D eigenvalue weighted by molar-refractivity contribution is -0.155. The highest BCUT2D eigenvalue weighted by Gasteiger charge is 2.48. The van der Waals surface area contributed by atoms with Crippen LogP contribution in [0.2, 0.25) is 5.15 Å². The maximum absolute atomic E-state index is 13.1. The molecule has 2 aromatic rings. The molecule has 1 atom stereocenters. The Hall–Kier alpha value is -2.66. The van der Waals surface area contributed by atoms with Crippen LogP contribution in [0.4, 0.5) is 0 Å². The van der Waals surface area contributed by atoms with Crippen LogP contribution < -0.4 is 0 Å². The van der Waals surface area contributed by atoms with Gasteiger partial charge in [0.2, 0.25) is 0 Å². The number of benzene rings is 1. The van der Waals surface area contributed by atoms with E-state index in [2.05, 4.69) is 4.98 Å². The third kappa shape index (κ3) is 3.10. The van der Waals surface area contributed by atoms with Gasteiger partial charge < -0.3 is 9.80 Å². The van der Waals surface area contributed by atoms with Crippen molar-refractivity contribution in [1.29, 1.82) is 0 Å². The predicted octanol–water partition coefficient (Wildman–Crippen LogP) is 3.01. The molecule has 1 aromatic carbocycles. The Labute approximate surface area is 157 Å². The van der Waals surface area contributed by atoms with Gasteiger partial charge in [0.25, 0.3) is 11.8 Å². The van der Waals surface area contributed by atoms with E-state index in [0.29, 0.717) is 12.0 Å². The Morgan fingerprint density at radius 2 is 1.81 bits per heavy atom. The van der Waals surface area contributed by atoms with Crippen molar-refractivity contribution in [3.05, 3.63) is 70.6 Å². The van der Waals surface area contributed by atoms with Crippen LogP contribution in [0.3, 0.4) is 0 Å². The Kier molecular flexibility index (Phi) is 4.83. The van der Waals surface area contributed by atoms with Crippen molar-refractivity contribution in [1.82, 2.24) is 14.8 Å². The highest BCUT2D eigenvalue weighted by atomic mass is 35.5. The number of carbonyl (C=O) groups is 2. The molecule has 0 radical (unpaired) electrons. The molecule has 0 bridgehead atoms. The lowest BCUT2D eigenvalue weighted by atomic mass is 9.87. The van der Waals surface area contributed by atoms with E-state index >= 15 is 0 Å². The molecule has 26 heavy (non-hydrogen) atoms. The maximum Gasteiger partial charge on any atom is 0.271 e. The van der Waals surface area contributed by atoms with Crippen LogP contribution in [0.1, 0.15) is 18.1 Å². The minimum Gasteiger partial charge on any atom is -0.326 e. The normalized spacial score (nSPS) is 22.2. The van der Waals surface area contributed by atoms with Crippen LogP contribution in [-0.2, 0) is 16.0 Å². The highest BCUT2D eigenvalue weighted by Crippen LogP contribution is 2.31. The molecule has 0 spiro atoms. The monoisotopic (exact) mass is 369 g/mol. The highest BCUT2D eigenvalue weighted by molar-refractivity contribution is 6.31. The first-order valence-electron chi connectivity index (χ1n) is 8.27. The summed E-state index contributed by atoms with van der Waals surface area (Å²) in [5, 5.41) is 0.286. The van der Waals surface area contributed by atoms with Gasteiger partial charge in [-0.1, -0.05) is 48.0 Å². The molecule has 0 N–H and O–H groups in total. The fourth-order valence-corrected chi connectivity index (χ4v) is 3.33. The van der Waals surface area contributed by atoms with Gasteiger partial charge in [-0.2, -0.15) is 0 Å². The summed E-state index contributed by atoms with van der Waals surface area (Å²) in [4.78, 5) is 33.1. The minimum absolute atomic E-state index is 0.144. The first kappa shape index (κ1) is 18.1. The number of hydrogen-bond donors (Lipinski definition) is 0. The van der Waals surface area contributed by atoms with E-state index in [1.54, 1.807) is 45.4 Å². The van der Waals surface area contributed by atoms with E-state index in [0.717, 1.165) is 5.56 Å². The van der Waals surface area contributed by atoms with Crippen LogP contribution in [0.25, 0.3) is 6.08 Å². The van der Waals surface area contributed by atoms with Crippen LogP contribution in [0.15, 0.2) is 54.4 Å². The van der Waals surface area contributed by atoms with Crippen LogP contribution in [0.5, 0.6) is 0 Å². The third-order valence-corrected chi connectivity index (χ3v) is 5.18. The molecule has 1 fully saturated rings. The Morgan fingerprint density at radius 3 is 2.46 bits per heavy atom. The average Bonchev–Trinajstić information content (AvgIpc) is 2.65. The van der Waals surface area contributed by atoms with Crippen molar-refractivity contribution in [2.45, 2.75) is 18.9 Å². The lowest BCUT2D eigenvalue weighted by Crippen LogP contribution is -2.64. The number of rotatable bonds is 3. The summed E-state index contributed by atoms with van der Waals surface area (Å²) in [5.41, 5.74) is 0.915. The molecule has 0 aliphatic carbocycles. The van der Waals surface area contributed by atoms with Crippen LogP contribution >= 0.6 is 11.6 Å². The van der Waals surface area contributed by atoms with Crippen molar-refractivity contribution in [2.24, 2.45) is 0 Å². The van der Waals surface area contributed by atoms with Gasteiger partial charge in [-0.05, 0) is 24.6 Å². The number of halogens is 1. The lowest BCUT2D eigenvalue weighted by Gasteiger charge is -2.45. The first-order valence-corrected chi connectivity index (χ1v) is 8.65. The molecule has 1 aliphatic heterocycles. The minimum atomic E-state index is -0.955. The summed E-state index contributed by atoms with van der Waals surface area (Å²) in [7, 11) is 3.28. The molecular formula is C20H20ClN3O2. The molecule has 6 heteroatoms. The predicted molar refractivity (Wildman–Crippen MR) is 101 cm³/mol. The molecule has 1 saturated heterocycles. The van der Waals surface area contributed by atoms with Gasteiger partial charge in [0.1, 0.15) is 16.4 Å². The second-order valence-electron chi connectivity index (χ2n) is 6.58. The molecule has 3 rings (SSSR count).